The van der Waals surface area contributed by atoms with Crippen LogP contribution in [-0.2, 0) is 19.6 Å². The number of morpholine rings is 1. The lowest BCUT2D eigenvalue weighted by atomic mass is 9.80. The van der Waals surface area contributed by atoms with Gasteiger partial charge in [-0.05, 0) is 13.3 Å². The molecule has 4 fully saturated rings. The zero-order valence-electron chi connectivity index (χ0n) is 13.6. The highest BCUT2D eigenvalue weighted by atomic mass is 32.2. The molecule has 0 N–H and O–H groups in total. The van der Waals surface area contributed by atoms with Gasteiger partial charge in [-0.3, -0.25) is 4.79 Å². The molecule has 1 amide bonds. The Labute approximate surface area is 140 Å². The molecule has 4 rings (SSSR count). The van der Waals surface area contributed by atoms with Gasteiger partial charge in [0.05, 0.1) is 18.4 Å². The zero-order valence-corrected chi connectivity index (χ0v) is 14.4. The number of carbonyl (C=O) groups excluding carboxylic acids is 1. The third-order valence-electron chi connectivity index (χ3n) is 5.95. The molecule has 9 heteroatoms. The molecular formula is C15H22F2N2O4S. The van der Waals surface area contributed by atoms with Gasteiger partial charge in [-0.25, -0.2) is 17.2 Å². The fourth-order valence-electron chi connectivity index (χ4n) is 4.64. The minimum atomic E-state index is -3.29. The van der Waals surface area contributed by atoms with Gasteiger partial charge in [0, 0.05) is 44.3 Å². The number of likely N-dealkylation sites (tertiary alicyclic amines) is 1. The summed E-state index contributed by atoms with van der Waals surface area (Å²) in [7, 11) is -3.29. The predicted octanol–water partition coefficient (Wildman–Crippen LogP) is 0.683. The number of carbonyl (C=O) groups is 1. The number of fused-ring (bicyclic) bond motifs is 1. The molecule has 24 heavy (non-hydrogen) atoms. The van der Waals surface area contributed by atoms with Crippen molar-refractivity contribution in [1.82, 2.24) is 9.21 Å². The fourth-order valence-corrected chi connectivity index (χ4v) is 5.83. The molecule has 3 atom stereocenters. The molecule has 1 aliphatic carbocycles. The maximum atomic E-state index is 13.0. The topological polar surface area (TPSA) is 66.9 Å². The summed E-state index contributed by atoms with van der Waals surface area (Å²) < 4.78 is 57.9. The van der Waals surface area contributed by atoms with Crippen LogP contribution in [0.3, 0.4) is 0 Å². The summed E-state index contributed by atoms with van der Waals surface area (Å²) in [5.41, 5.74) is -0.660. The molecule has 136 valence electrons. The SMILES string of the molecule is CCS(=O)(=O)N1CC2C[C@@H]3CN(C(=O)C4CC(F)(F)C4)C[C@@]2(C1)O3. The average molecular weight is 364 g/mol. The molecule has 3 saturated heterocycles. The fraction of sp³-hybridized carbons (Fsp3) is 0.933. The van der Waals surface area contributed by atoms with Gasteiger partial charge in [-0.1, -0.05) is 0 Å². The molecule has 3 aliphatic heterocycles. The highest BCUT2D eigenvalue weighted by molar-refractivity contribution is 7.89. The quantitative estimate of drug-likeness (QED) is 0.739. The molecule has 2 bridgehead atoms. The number of rotatable bonds is 3. The lowest BCUT2D eigenvalue weighted by Gasteiger charge is -2.43. The van der Waals surface area contributed by atoms with Crippen molar-refractivity contribution >= 4 is 15.9 Å². The van der Waals surface area contributed by atoms with Crippen LogP contribution in [0.2, 0.25) is 0 Å². The van der Waals surface area contributed by atoms with E-state index in [-0.39, 0.29) is 43.1 Å². The Morgan fingerprint density at radius 1 is 1.25 bits per heavy atom. The largest absolute Gasteiger partial charge is 0.366 e. The smallest absolute Gasteiger partial charge is 0.249 e. The van der Waals surface area contributed by atoms with Crippen molar-refractivity contribution in [2.24, 2.45) is 11.8 Å². The van der Waals surface area contributed by atoms with E-state index in [4.69, 9.17) is 4.74 Å². The monoisotopic (exact) mass is 364 g/mol. The molecule has 3 heterocycles. The summed E-state index contributed by atoms with van der Waals surface area (Å²) in [6, 6.07) is 0. The summed E-state index contributed by atoms with van der Waals surface area (Å²) in [6.07, 6.45) is -0.138. The van der Waals surface area contributed by atoms with Crippen LogP contribution in [0, 0.1) is 11.8 Å². The van der Waals surface area contributed by atoms with E-state index >= 15 is 0 Å². The van der Waals surface area contributed by atoms with Crippen LogP contribution in [0.5, 0.6) is 0 Å². The van der Waals surface area contributed by atoms with E-state index in [9.17, 15) is 22.0 Å². The Bertz CT molecular complexity index is 662. The number of hydrogen-bond acceptors (Lipinski definition) is 4. The van der Waals surface area contributed by atoms with Crippen molar-refractivity contribution in [2.45, 2.75) is 43.8 Å². The number of hydrogen-bond donors (Lipinski definition) is 0. The Hall–Kier alpha value is -0.800. The van der Waals surface area contributed by atoms with Crippen molar-refractivity contribution in [1.29, 1.82) is 0 Å². The van der Waals surface area contributed by atoms with Crippen LogP contribution in [0.25, 0.3) is 0 Å². The van der Waals surface area contributed by atoms with Gasteiger partial charge < -0.3 is 9.64 Å². The van der Waals surface area contributed by atoms with Gasteiger partial charge in [0.15, 0.2) is 0 Å². The molecule has 1 unspecified atom stereocenters. The Morgan fingerprint density at radius 3 is 2.58 bits per heavy atom. The summed E-state index contributed by atoms with van der Waals surface area (Å²) in [6.45, 7) is 3.04. The van der Waals surface area contributed by atoms with Gasteiger partial charge >= 0.3 is 0 Å². The summed E-state index contributed by atoms with van der Waals surface area (Å²) >= 11 is 0. The molecule has 0 radical (unpaired) electrons. The van der Waals surface area contributed by atoms with Crippen LogP contribution >= 0.6 is 0 Å². The first kappa shape index (κ1) is 16.7. The van der Waals surface area contributed by atoms with E-state index in [0.717, 1.165) is 6.42 Å². The van der Waals surface area contributed by atoms with E-state index in [0.29, 0.717) is 19.6 Å². The zero-order chi connectivity index (χ0) is 17.3. The normalized spacial score (nSPS) is 38.9. The lowest BCUT2D eigenvalue weighted by Crippen LogP contribution is -2.58. The first-order chi connectivity index (χ1) is 11.1. The van der Waals surface area contributed by atoms with E-state index in [1.54, 1.807) is 11.8 Å². The second-order valence-corrected chi connectivity index (χ2v) is 9.87. The molecule has 6 nitrogen and oxygen atoms in total. The van der Waals surface area contributed by atoms with E-state index in [2.05, 4.69) is 0 Å². The highest BCUT2D eigenvalue weighted by Gasteiger charge is 2.61. The van der Waals surface area contributed by atoms with E-state index in [1.165, 1.54) is 4.31 Å². The van der Waals surface area contributed by atoms with Crippen molar-refractivity contribution < 1.29 is 26.7 Å². The minimum absolute atomic E-state index is 0.0407. The van der Waals surface area contributed by atoms with Crippen molar-refractivity contribution in [3.63, 3.8) is 0 Å². The molecular weight excluding hydrogens is 342 g/mol. The Morgan fingerprint density at radius 2 is 1.96 bits per heavy atom. The van der Waals surface area contributed by atoms with Gasteiger partial charge in [0.25, 0.3) is 0 Å². The van der Waals surface area contributed by atoms with Gasteiger partial charge in [0.2, 0.25) is 21.9 Å². The lowest BCUT2D eigenvalue weighted by molar-refractivity contribution is -0.173. The second-order valence-electron chi connectivity index (χ2n) is 7.61. The number of alkyl halides is 2. The standard InChI is InChI=1S/C15H22F2N2O4S/c1-2-24(21,22)19-6-11-3-12-7-18(8-14(11,9-19)23-12)13(20)10-4-15(16,17)5-10/h10-12H,2-9H2,1H3/t11?,12-,14+/m1/s1. The van der Waals surface area contributed by atoms with Crippen molar-refractivity contribution in [3.05, 3.63) is 0 Å². The third kappa shape index (κ3) is 2.47. The first-order valence-corrected chi connectivity index (χ1v) is 10.1. The number of amides is 1. The number of nitrogens with zero attached hydrogens (tertiary/aromatic N) is 2. The second kappa shape index (κ2) is 5.11. The molecule has 4 aliphatic rings. The maximum absolute atomic E-state index is 13.0. The van der Waals surface area contributed by atoms with E-state index in [1.807, 2.05) is 0 Å². The van der Waals surface area contributed by atoms with Crippen LogP contribution in [-0.4, -0.2) is 73.1 Å². The minimum Gasteiger partial charge on any atom is -0.366 e. The first-order valence-electron chi connectivity index (χ1n) is 8.46. The van der Waals surface area contributed by atoms with Crippen molar-refractivity contribution in [3.8, 4) is 0 Å². The average Bonchev–Trinajstić information content (AvgIpc) is 2.93. The van der Waals surface area contributed by atoms with Gasteiger partial charge in [-0.2, -0.15) is 4.31 Å². The predicted molar refractivity (Wildman–Crippen MR) is 81.0 cm³/mol. The van der Waals surface area contributed by atoms with Crippen molar-refractivity contribution in [2.75, 3.05) is 31.9 Å². The Balaban J connectivity index is 1.49. The summed E-state index contributed by atoms with van der Waals surface area (Å²) in [5, 5.41) is 0. The molecule has 0 aromatic heterocycles. The molecule has 1 spiro atoms. The summed E-state index contributed by atoms with van der Waals surface area (Å²) in [5.74, 6) is -3.44. The van der Waals surface area contributed by atoms with Crippen LogP contribution in [0.15, 0.2) is 0 Å². The number of ether oxygens (including phenoxy) is 1. The number of sulfonamides is 1. The molecule has 0 aromatic carbocycles. The molecule has 1 saturated carbocycles. The summed E-state index contributed by atoms with van der Waals surface area (Å²) in [4.78, 5) is 14.1. The van der Waals surface area contributed by atoms with Crippen LogP contribution < -0.4 is 0 Å². The highest BCUT2D eigenvalue weighted by Crippen LogP contribution is 2.48. The van der Waals surface area contributed by atoms with Crippen LogP contribution in [0.4, 0.5) is 8.78 Å². The molecule has 0 aromatic rings. The van der Waals surface area contributed by atoms with Crippen LogP contribution in [0.1, 0.15) is 26.2 Å². The third-order valence-corrected chi connectivity index (χ3v) is 7.75. The van der Waals surface area contributed by atoms with Gasteiger partial charge in [0.1, 0.15) is 5.60 Å². The van der Waals surface area contributed by atoms with Gasteiger partial charge in [-0.15, -0.1) is 0 Å². The van der Waals surface area contributed by atoms with E-state index < -0.39 is 27.5 Å². The number of halogens is 2. The maximum Gasteiger partial charge on any atom is 0.249 e. The Kier molecular flexibility index (Phi) is 3.54.